The minimum Gasteiger partial charge on any atom is -0.353 e. The summed E-state index contributed by atoms with van der Waals surface area (Å²) in [5.74, 6) is 0.361. The number of nitrogens with one attached hydrogen (secondary N) is 1. The van der Waals surface area contributed by atoms with Crippen LogP contribution in [0.3, 0.4) is 0 Å². The van der Waals surface area contributed by atoms with Gasteiger partial charge in [-0.3, -0.25) is 4.79 Å². The van der Waals surface area contributed by atoms with Crippen molar-refractivity contribution >= 4 is 17.7 Å². The summed E-state index contributed by atoms with van der Waals surface area (Å²) >= 11 is 1.37. The van der Waals surface area contributed by atoms with Crippen LogP contribution in [0.1, 0.15) is 30.9 Å². The van der Waals surface area contributed by atoms with Crippen molar-refractivity contribution in [2.75, 3.05) is 25.4 Å². The maximum atomic E-state index is 12.3. The monoisotopic (exact) mass is 374 g/mol. The topological polar surface area (TPSA) is 75.9 Å². The molecule has 0 saturated carbocycles. The predicted octanol–water partition coefficient (Wildman–Crippen LogP) is 1.97. The van der Waals surface area contributed by atoms with Crippen LogP contribution in [-0.2, 0) is 4.79 Å². The van der Waals surface area contributed by atoms with E-state index in [4.69, 9.17) is 0 Å². The number of aryl methyl sites for hydroxylation is 2. The lowest BCUT2D eigenvalue weighted by atomic mass is 10.1. The Hall–Kier alpha value is -1.93. The zero-order valence-electron chi connectivity index (χ0n) is 15.6. The van der Waals surface area contributed by atoms with Crippen LogP contribution in [0.25, 0.3) is 5.69 Å². The molecule has 3 rings (SSSR count). The van der Waals surface area contributed by atoms with Crippen molar-refractivity contribution in [1.29, 1.82) is 0 Å². The molecule has 1 fully saturated rings. The summed E-state index contributed by atoms with van der Waals surface area (Å²) < 4.78 is 1.71. The largest absolute Gasteiger partial charge is 0.353 e. The van der Waals surface area contributed by atoms with Crippen molar-refractivity contribution in [3.63, 3.8) is 0 Å². The molecule has 140 valence electrons. The molecule has 0 aliphatic carbocycles. The van der Waals surface area contributed by atoms with Crippen molar-refractivity contribution in [3.05, 3.63) is 29.3 Å². The zero-order valence-corrected chi connectivity index (χ0v) is 16.4. The van der Waals surface area contributed by atoms with Crippen molar-refractivity contribution < 1.29 is 4.79 Å². The van der Waals surface area contributed by atoms with Crippen molar-refractivity contribution in [2.24, 2.45) is 0 Å². The Kier molecular flexibility index (Phi) is 6.26. The van der Waals surface area contributed by atoms with Crippen LogP contribution in [0.5, 0.6) is 0 Å². The normalized spacial score (nSPS) is 16.0. The lowest BCUT2D eigenvalue weighted by Crippen LogP contribution is -2.45. The Labute approximate surface area is 158 Å². The molecule has 2 heterocycles. The van der Waals surface area contributed by atoms with E-state index in [9.17, 15) is 4.79 Å². The number of thioether (sulfide) groups is 1. The third-order valence-electron chi connectivity index (χ3n) is 4.77. The Bertz CT molecular complexity index is 754. The maximum Gasteiger partial charge on any atom is 0.230 e. The van der Waals surface area contributed by atoms with Crippen LogP contribution in [-0.4, -0.2) is 62.4 Å². The predicted molar refractivity (Wildman–Crippen MR) is 103 cm³/mol. The molecule has 8 heteroatoms. The zero-order chi connectivity index (χ0) is 18.5. The fourth-order valence-electron chi connectivity index (χ4n) is 3.16. The highest BCUT2D eigenvalue weighted by atomic mass is 32.2. The molecule has 0 radical (unpaired) electrons. The molecule has 0 spiro atoms. The Morgan fingerprint density at radius 2 is 2.08 bits per heavy atom. The number of amides is 1. The van der Waals surface area contributed by atoms with Gasteiger partial charge < -0.3 is 10.2 Å². The van der Waals surface area contributed by atoms with Gasteiger partial charge in [-0.2, -0.15) is 4.68 Å². The number of rotatable bonds is 6. The molecule has 1 aromatic heterocycles. The number of aromatic nitrogens is 4. The fourth-order valence-corrected chi connectivity index (χ4v) is 3.86. The highest BCUT2D eigenvalue weighted by Crippen LogP contribution is 2.21. The lowest BCUT2D eigenvalue weighted by Gasteiger charge is -2.31. The second kappa shape index (κ2) is 8.64. The van der Waals surface area contributed by atoms with Gasteiger partial charge >= 0.3 is 0 Å². The van der Waals surface area contributed by atoms with Gasteiger partial charge in [-0.1, -0.05) is 30.8 Å². The molecule has 2 aromatic rings. The van der Waals surface area contributed by atoms with Gasteiger partial charge in [0.2, 0.25) is 11.1 Å². The van der Waals surface area contributed by atoms with E-state index in [1.165, 1.54) is 11.8 Å². The summed E-state index contributed by atoms with van der Waals surface area (Å²) in [6.07, 6.45) is 2.04. The molecule has 1 aliphatic rings. The number of benzene rings is 1. The molecule has 7 nitrogen and oxygen atoms in total. The fraction of sp³-hybridized carbons (Fsp3) is 0.556. The molecule has 0 atom stereocenters. The van der Waals surface area contributed by atoms with Crippen LogP contribution in [0.15, 0.2) is 23.4 Å². The third kappa shape index (κ3) is 4.62. The lowest BCUT2D eigenvalue weighted by molar-refractivity contribution is -0.119. The van der Waals surface area contributed by atoms with Gasteiger partial charge in [-0.25, -0.2) is 0 Å². The first-order chi connectivity index (χ1) is 12.6. The highest BCUT2D eigenvalue weighted by Gasteiger charge is 2.20. The SMILES string of the molecule is CCN1CCC(NC(=O)CSc2nnnn2-c2cc(C)ccc2C)CC1. The summed E-state index contributed by atoms with van der Waals surface area (Å²) in [5.41, 5.74) is 3.19. The number of nitrogens with zero attached hydrogens (tertiary/aromatic N) is 5. The Balaban J connectivity index is 1.57. The first-order valence-electron chi connectivity index (χ1n) is 9.07. The first kappa shape index (κ1) is 18.8. The molecular formula is C18H26N6OS. The molecule has 1 N–H and O–H groups in total. The number of hydrogen-bond donors (Lipinski definition) is 1. The van der Waals surface area contributed by atoms with Gasteiger partial charge in [0.1, 0.15) is 0 Å². The minimum atomic E-state index is 0.0421. The standard InChI is InChI=1S/C18H26N6OS/c1-4-23-9-7-15(8-10-23)19-17(25)12-26-18-20-21-22-24(18)16-11-13(2)5-6-14(16)3/h5-6,11,15H,4,7-10,12H2,1-3H3,(H,19,25). The molecule has 1 amide bonds. The Morgan fingerprint density at radius 1 is 1.31 bits per heavy atom. The average Bonchev–Trinajstić information content (AvgIpc) is 3.11. The van der Waals surface area contributed by atoms with E-state index in [1.807, 2.05) is 13.8 Å². The second-order valence-electron chi connectivity index (χ2n) is 6.73. The smallest absolute Gasteiger partial charge is 0.230 e. The molecule has 1 aromatic carbocycles. The van der Waals surface area contributed by atoms with E-state index in [1.54, 1.807) is 4.68 Å². The van der Waals surface area contributed by atoms with E-state index in [0.717, 1.165) is 49.3 Å². The van der Waals surface area contributed by atoms with E-state index in [2.05, 4.69) is 50.9 Å². The number of piperidine rings is 1. The summed E-state index contributed by atoms with van der Waals surface area (Å²) in [6, 6.07) is 6.45. The van der Waals surface area contributed by atoms with E-state index < -0.39 is 0 Å². The molecule has 1 saturated heterocycles. The van der Waals surface area contributed by atoms with Crippen LogP contribution in [0, 0.1) is 13.8 Å². The first-order valence-corrected chi connectivity index (χ1v) is 10.1. The number of hydrogen-bond acceptors (Lipinski definition) is 6. The Morgan fingerprint density at radius 3 is 2.81 bits per heavy atom. The number of likely N-dealkylation sites (tertiary alicyclic amines) is 1. The second-order valence-corrected chi connectivity index (χ2v) is 7.67. The summed E-state index contributed by atoms with van der Waals surface area (Å²) in [6.45, 7) is 9.43. The summed E-state index contributed by atoms with van der Waals surface area (Å²) in [4.78, 5) is 14.7. The van der Waals surface area contributed by atoms with Gasteiger partial charge in [-0.15, -0.1) is 5.10 Å². The molecule has 0 unspecified atom stereocenters. The highest BCUT2D eigenvalue weighted by molar-refractivity contribution is 7.99. The van der Waals surface area contributed by atoms with Crippen LogP contribution in [0.4, 0.5) is 0 Å². The van der Waals surface area contributed by atoms with Crippen molar-refractivity contribution in [2.45, 2.75) is 44.8 Å². The maximum absolute atomic E-state index is 12.3. The number of carbonyl (C=O) groups excluding carboxylic acids is 1. The van der Waals surface area contributed by atoms with Crippen LogP contribution >= 0.6 is 11.8 Å². The third-order valence-corrected chi connectivity index (χ3v) is 5.69. The summed E-state index contributed by atoms with van der Waals surface area (Å²) in [7, 11) is 0. The van der Waals surface area contributed by atoms with Gasteiger partial charge in [0.25, 0.3) is 0 Å². The van der Waals surface area contributed by atoms with Gasteiger partial charge in [0.05, 0.1) is 11.4 Å². The van der Waals surface area contributed by atoms with E-state index in [-0.39, 0.29) is 11.9 Å². The van der Waals surface area contributed by atoms with E-state index in [0.29, 0.717) is 10.9 Å². The van der Waals surface area contributed by atoms with Gasteiger partial charge in [0.15, 0.2) is 0 Å². The van der Waals surface area contributed by atoms with Crippen LogP contribution in [0.2, 0.25) is 0 Å². The molecule has 1 aliphatic heterocycles. The van der Waals surface area contributed by atoms with Crippen molar-refractivity contribution in [3.8, 4) is 5.69 Å². The number of carbonyl (C=O) groups is 1. The minimum absolute atomic E-state index is 0.0421. The van der Waals surface area contributed by atoms with Crippen molar-refractivity contribution in [1.82, 2.24) is 30.4 Å². The van der Waals surface area contributed by atoms with E-state index >= 15 is 0 Å². The molecular weight excluding hydrogens is 348 g/mol. The number of tetrazole rings is 1. The van der Waals surface area contributed by atoms with Gasteiger partial charge in [-0.05, 0) is 60.9 Å². The summed E-state index contributed by atoms with van der Waals surface area (Å²) in [5, 5.41) is 15.7. The van der Waals surface area contributed by atoms with Gasteiger partial charge in [0, 0.05) is 19.1 Å². The average molecular weight is 375 g/mol. The molecule has 26 heavy (non-hydrogen) atoms. The quantitative estimate of drug-likeness (QED) is 0.779. The molecule has 0 bridgehead atoms. The van der Waals surface area contributed by atoms with Crippen LogP contribution < -0.4 is 5.32 Å².